The van der Waals surface area contributed by atoms with Crippen LogP contribution in [0.1, 0.15) is 84.5 Å². The fourth-order valence-corrected chi connectivity index (χ4v) is 3.29. The zero-order valence-corrected chi connectivity index (χ0v) is 13.2. The van der Waals surface area contributed by atoms with E-state index in [2.05, 4.69) is 11.8 Å². The Morgan fingerprint density at radius 2 is 1.79 bits per heavy atom. The first kappa shape index (κ1) is 17.0. The molecule has 1 fully saturated rings. The van der Waals surface area contributed by atoms with Crippen LogP contribution >= 0.6 is 0 Å². The minimum atomic E-state index is -0.143. The van der Waals surface area contributed by atoms with Crippen molar-refractivity contribution in [3.8, 4) is 0 Å². The summed E-state index contributed by atoms with van der Waals surface area (Å²) in [6.07, 6.45) is 14.5. The maximum absolute atomic E-state index is 9.66. The summed E-state index contributed by atoms with van der Waals surface area (Å²) in [4.78, 5) is 2.67. The highest BCUT2D eigenvalue weighted by molar-refractivity contribution is 4.77. The van der Waals surface area contributed by atoms with E-state index >= 15 is 0 Å². The first-order chi connectivity index (χ1) is 9.24. The lowest BCUT2D eigenvalue weighted by atomic mass is 10.0. The van der Waals surface area contributed by atoms with Crippen LogP contribution in [0.2, 0.25) is 0 Å². The van der Waals surface area contributed by atoms with Gasteiger partial charge in [0.1, 0.15) is 0 Å². The molecular weight excluding hydrogens is 234 g/mol. The molecule has 2 atom stereocenters. The molecule has 1 aliphatic heterocycles. The highest BCUT2D eigenvalue weighted by Gasteiger charge is 2.21. The van der Waals surface area contributed by atoms with Gasteiger partial charge in [0, 0.05) is 6.04 Å². The van der Waals surface area contributed by atoms with Crippen molar-refractivity contribution in [1.82, 2.24) is 4.90 Å². The summed E-state index contributed by atoms with van der Waals surface area (Å²) in [5, 5.41) is 9.66. The summed E-state index contributed by atoms with van der Waals surface area (Å²) < 4.78 is 0. The molecule has 0 aliphatic carbocycles. The zero-order valence-electron chi connectivity index (χ0n) is 13.2. The van der Waals surface area contributed by atoms with E-state index in [9.17, 15) is 5.11 Å². The lowest BCUT2D eigenvalue weighted by molar-refractivity contribution is 0.111. The van der Waals surface area contributed by atoms with Crippen LogP contribution in [-0.2, 0) is 0 Å². The van der Waals surface area contributed by atoms with Gasteiger partial charge in [-0.05, 0) is 45.7 Å². The molecule has 114 valence electrons. The summed E-state index contributed by atoms with van der Waals surface area (Å²) in [7, 11) is 0. The number of nitrogens with zero attached hydrogens (tertiary/aromatic N) is 1. The van der Waals surface area contributed by atoms with Crippen LogP contribution in [0.15, 0.2) is 0 Å². The fourth-order valence-electron chi connectivity index (χ4n) is 3.29. The van der Waals surface area contributed by atoms with Gasteiger partial charge >= 0.3 is 0 Å². The highest BCUT2D eigenvalue weighted by Crippen LogP contribution is 2.21. The number of unbranched alkanes of at least 4 members (excludes halogenated alkanes) is 5. The highest BCUT2D eigenvalue weighted by atomic mass is 16.3. The van der Waals surface area contributed by atoms with Gasteiger partial charge < -0.3 is 10.0 Å². The minimum Gasteiger partial charge on any atom is -0.393 e. The molecular formula is C17H35NO. The van der Waals surface area contributed by atoms with E-state index < -0.39 is 0 Å². The predicted octanol–water partition coefficient (Wildman–Crippen LogP) is 4.36. The molecule has 0 amide bonds. The van der Waals surface area contributed by atoms with E-state index in [0.717, 1.165) is 6.42 Å². The number of likely N-dealkylation sites (tertiary alicyclic amines) is 1. The van der Waals surface area contributed by atoms with Crippen LogP contribution in [0.3, 0.4) is 0 Å². The molecule has 0 aromatic heterocycles. The first-order valence-corrected chi connectivity index (χ1v) is 8.66. The lowest BCUT2D eigenvalue weighted by Crippen LogP contribution is -2.37. The molecule has 19 heavy (non-hydrogen) atoms. The van der Waals surface area contributed by atoms with Crippen molar-refractivity contribution in [3.05, 3.63) is 0 Å². The molecule has 0 radical (unpaired) electrons. The molecule has 1 saturated heterocycles. The molecule has 2 unspecified atom stereocenters. The molecule has 1 heterocycles. The van der Waals surface area contributed by atoms with Crippen molar-refractivity contribution in [2.45, 2.75) is 96.6 Å². The average molecular weight is 269 g/mol. The quantitative estimate of drug-likeness (QED) is 0.629. The van der Waals surface area contributed by atoms with Gasteiger partial charge in [0.05, 0.1) is 6.10 Å². The van der Waals surface area contributed by atoms with Crippen molar-refractivity contribution in [2.75, 3.05) is 13.1 Å². The van der Waals surface area contributed by atoms with Crippen molar-refractivity contribution in [1.29, 1.82) is 0 Å². The summed E-state index contributed by atoms with van der Waals surface area (Å²) in [5.74, 6) is 0. The van der Waals surface area contributed by atoms with Crippen LogP contribution < -0.4 is 0 Å². The van der Waals surface area contributed by atoms with Gasteiger partial charge in [-0.2, -0.15) is 0 Å². The Morgan fingerprint density at radius 3 is 2.53 bits per heavy atom. The maximum atomic E-state index is 9.66. The van der Waals surface area contributed by atoms with Gasteiger partial charge in [0.15, 0.2) is 0 Å². The predicted molar refractivity (Wildman–Crippen MR) is 83.5 cm³/mol. The van der Waals surface area contributed by atoms with Crippen molar-refractivity contribution < 1.29 is 5.11 Å². The standard InChI is InChI=1S/C17H35NO/c1-3-4-5-6-7-10-13-18-14-11-8-9-12-17(18)15-16(2)19/h16-17,19H,3-15H2,1-2H3. The molecule has 0 aromatic rings. The van der Waals surface area contributed by atoms with E-state index in [1.807, 2.05) is 6.92 Å². The van der Waals surface area contributed by atoms with E-state index in [1.165, 1.54) is 77.3 Å². The molecule has 0 aromatic carbocycles. The summed E-state index contributed by atoms with van der Waals surface area (Å²) in [6, 6.07) is 0.637. The minimum absolute atomic E-state index is 0.143. The Kier molecular flexibility index (Phi) is 9.54. The van der Waals surface area contributed by atoms with Crippen LogP contribution in [0.4, 0.5) is 0 Å². The van der Waals surface area contributed by atoms with Crippen LogP contribution in [0, 0.1) is 0 Å². The second-order valence-corrected chi connectivity index (χ2v) is 6.39. The van der Waals surface area contributed by atoms with Crippen molar-refractivity contribution in [3.63, 3.8) is 0 Å². The van der Waals surface area contributed by atoms with Gasteiger partial charge in [-0.3, -0.25) is 0 Å². The smallest absolute Gasteiger partial charge is 0.0527 e. The van der Waals surface area contributed by atoms with Crippen LogP contribution in [0.25, 0.3) is 0 Å². The van der Waals surface area contributed by atoms with E-state index in [0.29, 0.717) is 6.04 Å². The van der Waals surface area contributed by atoms with Crippen molar-refractivity contribution in [2.24, 2.45) is 0 Å². The Morgan fingerprint density at radius 1 is 1.05 bits per heavy atom. The average Bonchev–Trinajstić information content (AvgIpc) is 2.59. The van der Waals surface area contributed by atoms with Gasteiger partial charge in [-0.25, -0.2) is 0 Å². The summed E-state index contributed by atoms with van der Waals surface area (Å²) >= 11 is 0. The molecule has 0 spiro atoms. The molecule has 0 saturated carbocycles. The molecule has 1 rings (SSSR count). The van der Waals surface area contributed by atoms with Gasteiger partial charge in [0.25, 0.3) is 0 Å². The van der Waals surface area contributed by atoms with E-state index in [4.69, 9.17) is 0 Å². The Hall–Kier alpha value is -0.0800. The number of hydrogen-bond acceptors (Lipinski definition) is 2. The van der Waals surface area contributed by atoms with Gasteiger partial charge in [-0.1, -0.05) is 51.9 Å². The summed E-state index contributed by atoms with van der Waals surface area (Å²) in [6.45, 7) is 6.72. The Labute approximate surface area is 120 Å². The third-order valence-corrected chi connectivity index (χ3v) is 4.41. The molecule has 1 N–H and O–H groups in total. The van der Waals surface area contributed by atoms with E-state index in [1.54, 1.807) is 0 Å². The first-order valence-electron chi connectivity index (χ1n) is 8.66. The second kappa shape index (κ2) is 10.7. The Balaban J connectivity index is 2.22. The topological polar surface area (TPSA) is 23.5 Å². The molecule has 2 heteroatoms. The largest absolute Gasteiger partial charge is 0.393 e. The molecule has 0 bridgehead atoms. The van der Waals surface area contributed by atoms with E-state index in [-0.39, 0.29) is 6.10 Å². The number of aliphatic hydroxyl groups excluding tert-OH is 1. The zero-order chi connectivity index (χ0) is 13.9. The molecule has 2 nitrogen and oxygen atoms in total. The summed E-state index contributed by atoms with van der Waals surface area (Å²) in [5.41, 5.74) is 0. The third-order valence-electron chi connectivity index (χ3n) is 4.41. The second-order valence-electron chi connectivity index (χ2n) is 6.39. The maximum Gasteiger partial charge on any atom is 0.0527 e. The van der Waals surface area contributed by atoms with Crippen molar-refractivity contribution >= 4 is 0 Å². The van der Waals surface area contributed by atoms with Crippen LogP contribution in [-0.4, -0.2) is 35.2 Å². The number of hydrogen-bond donors (Lipinski definition) is 1. The van der Waals surface area contributed by atoms with Gasteiger partial charge in [0.2, 0.25) is 0 Å². The number of aliphatic hydroxyl groups is 1. The van der Waals surface area contributed by atoms with Crippen LogP contribution in [0.5, 0.6) is 0 Å². The normalized spacial score (nSPS) is 23.2. The lowest BCUT2D eigenvalue weighted by Gasteiger charge is -2.30. The Bertz CT molecular complexity index is 205. The monoisotopic (exact) mass is 269 g/mol. The molecule has 1 aliphatic rings. The van der Waals surface area contributed by atoms with Gasteiger partial charge in [-0.15, -0.1) is 0 Å². The third kappa shape index (κ3) is 7.94. The number of rotatable bonds is 9. The fraction of sp³-hybridized carbons (Fsp3) is 1.00. The SMILES string of the molecule is CCCCCCCCN1CCCCCC1CC(C)O.